The molecule has 0 saturated carbocycles. The molecule has 1 heterocycles. The molecule has 2 rings (SSSR count). The second kappa shape index (κ2) is 5.21. The summed E-state index contributed by atoms with van der Waals surface area (Å²) in [5, 5.41) is 13.3. The molecular formula is C12H14ClN3O. The highest BCUT2D eigenvalue weighted by Crippen LogP contribution is 2.21. The van der Waals surface area contributed by atoms with Gasteiger partial charge in [0.1, 0.15) is 0 Å². The van der Waals surface area contributed by atoms with Gasteiger partial charge in [-0.2, -0.15) is 0 Å². The van der Waals surface area contributed by atoms with Gasteiger partial charge in [-0.15, -0.1) is 0 Å². The van der Waals surface area contributed by atoms with E-state index in [9.17, 15) is 5.11 Å². The molecule has 0 amide bonds. The lowest BCUT2D eigenvalue weighted by Gasteiger charge is -2.18. The predicted octanol–water partition coefficient (Wildman–Crippen LogP) is 2.22. The van der Waals surface area contributed by atoms with Crippen LogP contribution >= 0.6 is 11.6 Å². The molecule has 17 heavy (non-hydrogen) atoms. The van der Waals surface area contributed by atoms with Gasteiger partial charge in [0.2, 0.25) is 0 Å². The number of anilines is 1. The molecule has 0 spiro atoms. The van der Waals surface area contributed by atoms with Gasteiger partial charge in [0, 0.05) is 17.8 Å². The summed E-state index contributed by atoms with van der Waals surface area (Å²) in [5.74, 6) is 0. The van der Waals surface area contributed by atoms with Crippen LogP contribution in [0.4, 0.5) is 5.69 Å². The molecule has 1 unspecified atom stereocenters. The van der Waals surface area contributed by atoms with E-state index >= 15 is 0 Å². The molecule has 1 aromatic heterocycles. The van der Waals surface area contributed by atoms with Crippen LogP contribution < -0.4 is 5.32 Å². The Kier molecular flexibility index (Phi) is 3.66. The highest BCUT2D eigenvalue weighted by Gasteiger charge is 2.13. The molecule has 0 aliphatic carbocycles. The van der Waals surface area contributed by atoms with Crippen LogP contribution in [-0.4, -0.2) is 21.3 Å². The monoisotopic (exact) mass is 251 g/mol. The SMILES string of the molecule is Cn1cncc1C(CO)Nc1cccc(Cl)c1. The van der Waals surface area contributed by atoms with Gasteiger partial charge in [-0.1, -0.05) is 17.7 Å². The number of imidazole rings is 1. The van der Waals surface area contributed by atoms with Crippen LogP contribution in [0.15, 0.2) is 36.8 Å². The number of rotatable bonds is 4. The van der Waals surface area contributed by atoms with Crippen LogP contribution in [0.3, 0.4) is 0 Å². The number of halogens is 1. The number of aliphatic hydroxyl groups is 1. The van der Waals surface area contributed by atoms with E-state index in [1.54, 1.807) is 12.5 Å². The molecular weight excluding hydrogens is 238 g/mol. The first-order chi connectivity index (χ1) is 8.20. The normalized spacial score (nSPS) is 12.4. The summed E-state index contributed by atoms with van der Waals surface area (Å²) in [6.45, 7) is -0.00789. The molecule has 1 aromatic carbocycles. The fourth-order valence-electron chi connectivity index (χ4n) is 1.70. The molecule has 4 nitrogen and oxygen atoms in total. The zero-order valence-electron chi connectivity index (χ0n) is 9.47. The Morgan fingerprint density at radius 2 is 2.35 bits per heavy atom. The van der Waals surface area contributed by atoms with Crippen LogP contribution in [0.5, 0.6) is 0 Å². The average molecular weight is 252 g/mol. The first kappa shape index (κ1) is 12.0. The summed E-state index contributed by atoms with van der Waals surface area (Å²) >= 11 is 5.91. The molecule has 0 saturated heterocycles. The van der Waals surface area contributed by atoms with Gasteiger partial charge in [-0.3, -0.25) is 0 Å². The lowest BCUT2D eigenvalue weighted by atomic mass is 10.2. The predicted molar refractivity (Wildman–Crippen MR) is 68.1 cm³/mol. The van der Waals surface area contributed by atoms with Crippen molar-refractivity contribution >= 4 is 17.3 Å². The smallest absolute Gasteiger partial charge is 0.0946 e. The molecule has 5 heteroatoms. The lowest BCUT2D eigenvalue weighted by Crippen LogP contribution is -2.17. The maximum Gasteiger partial charge on any atom is 0.0946 e. The maximum atomic E-state index is 9.42. The number of aryl methyl sites for hydroxylation is 1. The third-order valence-corrected chi connectivity index (χ3v) is 2.79. The van der Waals surface area contributed by atoms with Crippen molar-refractivity contribution in [2.24, 2.45) is 7.05 Å². The van der Waals surface area contributed by atoms with Crippen molar-refractivity contribution < 1.29 is 5.11 Å². The minimum absolute atomic E-state index is 0.00789. The number of benzene rings is 1. The Morgan fingerprint density at radius 3 is 2.94 bits per heavy atom. The van der Waals surface area contributed by atoms with E-state index in [0.29, 0.717) is 5.02 Å². The Labute approximate surface area is 105 Å². The third-order valence-electron chi connectivity index (χ3n) is 2.56. The first-order valence-corrected chi connectivity index (χ1v) is 5.67. The zero-order chi connectivity index (χ0) is 12.3. The van der Waals surface area contributed by atoms with E-state index < -0.39 is 0 Å². The van der Waals surface area contributed by atoms with Crippen molar-refractivity contribution in [3.05, 3.63) is 47.5 Å². The third kappa shape index (κ3) is 2.78. The van der Waals surface area contributed by atoms with Crippen molar-refractivity contribution in [3.8, 4) is 0 Å². The fraction of sp³-hybridized carbons (Fsp3) is 0.250. The molecule has 2 aromatic rings. The van der Waals surface area contributed by atoms with E-state index in [1.165, 1.54) is 0 Å². The summed E-state index contributed by atoms with van der Waals surface area (Å²) < 4.78 is 1.87. The van der Waals surface area contributed by atoms with Crippen molar-refractivity contribution in [1.82, 2.24) is 9.55 Å². The van der Waals surface area contributed by atoms with Crippen molar-refractivity contribution in [1.29, 1.82) is 0 Å². The van der Waals surface area contributed by atoms with Gasteiger partial charge in [0.25, 0.3) is 0 Å². The van der Waals surface area contributed by atoms with Gasteiger partial charge < -0.3 is 15.0 Å². The topological polar surface area (TPSA) is 50.1 Å². The fourth-order valence-corrected chi connectivity index (χ4v) is 1.89. The second-order valence-corrected chi connectivity index (χ2v) is 4.26. The zero-order valence-corrected chi connectivity index (χ0v) is 10.2. The van der Waals surface area contributed by atoms with Crippen LogP contribution in [0, 0.1) is 0 Å². The van der Waals surface area contributed by atoms with Gasteiger partial charge >= 0.3 is 0 Å². The van der Waals surface area contributed by atoms with E-state index in [-0.39, 0.29) is 12.6 Å². The Balaban J connectivity index is 2.19. The Hall–Kier alpha value is -1.52. The van der Waals surface area contributed by atoms with E-state index in [4.69, 9.17) is 11.6 Å². The summed E-state index contributed by atoms with van der Waals surface area (Å²) in [4.78, 5) is 4.04. The molecule has 2 N–H and O–H groups in total. The van der Waals surface area contributed by atoms with Crippen LogP contribution in [0.2, 0.25) is 5.02 Å². The van der Waals surface area contributed by atoms with Crippen LogP contribution in [0.1, 0.15) is 11.7 Å². The number of aromatic nitrogens is 2. The van der Waals surface area contributed by atoms with Gasteiger partial charge in [0.15, 0.2) is 0 Å². The summed E-state index contributed by atoms with van der Waals surface area (Å²) in [7, 11) is 1.89. The summed E-state index contributed by atoms with van der Waals surface area (Å²) in [6.07, 6.45) is 3.44. The average Bonchev–Trinajstić information content (AvgIpc) is 2.72. The molecule has 0 aliphatic heterocycles. The van der Waals surface area contributed by atoms with E-state index in [1.807, 2.05) is 35.9 Å². The standard InChI is InChI=1S/C12H14ClN3O/c1-16-8-14-6-12(16)11(7-17)15-10-4-2-3-9(13)5-10/h2-6,8,11,15,17H,7H2,1H3. The molecule has 90 valence electrons. The summed E-state index contributed by atoms with van der Waals surface area (Å²) in [5.41, 5.74) is 1.80. The Bertz CT molecular complexity index is 498. The molecule has 0 radical (unpaired) electrons. The van der Waals surface area contributed by atoms with Crippen molar-refractivity contribution in [2.45, 2.75) is 6.04 Å². The van der Waals surface area contributed by atoms with Crippen molar-refractivity contribution in [3.63, 3.8) is 0 Å². The molecule has 1 atom stereocenters. The summed E-state index contributed by atoms with van der Waals surface area (Å²) in [6, 6.07) is 7.21. The minimum atomic E-state index is -0.194. The van der Waals surface area contributed by atoms with Gasteiger partial charge in [0.05, 0.1) is 30.9 Å². The first-order valence-electron chi connectivity index (χ1n) is 5.30. The highest BCUT2D eigenvalue weighted by molar-refractivity contribution is 6.30. The molecule has 0 bridgehead atoms. The number of nitrogens with zero attached hydrogens (tertiary/aromatic N) is 2. The number of hydrogen-bond donors (Lipinski definition) is 2. The Morgan fingerprint density at radius 1 is 1.53 bits per heavy atom. The lowest BCUT2D eigenvalue weighted by molar-refractivity contribution is 0.272. The minimum Gasteiger partial charge on any atom is -0.394 e. The maximum absolute atomic E-state index is 9.42. The van der Waals surface area contributed by atoms with Crippen molar-refractivity contribution in [2.75, 3.05) is 11.9 Å². The number of aliphatic hydroxyl groups excluding tert-OH is 1. The van der Waals surface area contributed by atoms with Crippen LogP contribution in [-0.2, 0) is 7.05 Å². The van der Waals surface area contributed by atoms with Gasteiger partial charge in [-0.25, -0.2) is 4.98 Å². The number of hydrogen-bond acceptors (Lipinski definition) is 3. The quantitative estimate of drug-likeness (QED) is 0.876. The van der Waals surface area contributed by atoms with Gasteiger partial charge in [-0.05, 0) is 18.2 Å². The number of nitrogens with one attached hydrogen (secondary N) is 1. The second-order valence-electron chi connectivity index (χ2n) is 3.82. The van der Waals surface area contributed by atoms with E-state index in [0.717, 1.165) is 11.4 Å². The molecule has 0 fully saturated rings. The van der Waals surface area contributed by atoms with E-state index in [2.05, 4.69) is 10.3 Å². The molecule has 0 aliphatic rings. The largest absolute Gasteiger partial charge is 0.394 e. The van der Waals surface area contributed by atoms with Crippen LogP contribution in [0.25, 0.3) is 0 Å². The highest BCUT2D eigenvalue weighted by atomic mass is 35.5.